The molecule has 0 saturated carbocycles. The summed E-state index contributed by atoms with van der Waals surface area (Å²) in [5.74, 6) is 0. The second-order valence-electron chi connectivity index (χ2n) is 2.00. The second kappa shape index (κ2) is 8.18. The van der Waals surface area contributed by atoms with Crippen LogP contribution in [0.1, 0.15) is 20.8 Å². The van der Waals surface area contributed by atoms with Crippen molar-refractivity contribution < 1.29 is 8.78 Å². The number of alkyl halides is 2. The highest BCUT2D eigenvalue weighted by molar-refractivity contribution is 5.27. The first-order valence-corrected chi connectivity index (χ1v) is 3.85. The molecule has 0 bridgehead atoms. The molecule has 0 saturated heterocycles. The van der Waals surface area contributed by atoms with Gasteiger partial charge in [0.15, 0.2) is 0 Å². The second-order valence-corrected chi connectivity index (χ2v) is 2.00. The van der Waals surface area contributed by atoms with Crippen LogP contribution < -0.4 is 0 Å². The van der Waals surface area contributed by atoms with E-state index in [0.29, 0.717) is 5.57 Å². The molecule has 0 atom stereocenters. The molecule has 0 heterocycles. The fraction of sp³-hybridized carbons (Fsp3) is 0.400. The van der Waals surface area contributed by atoms with Crippen molar-refractivity contribution in [3.63, 3.8) is 0 Å². The Balaban J connectivity index is 0. The zero-order valence-electron chi connectivity index (χ0n) is 7.90. The molecule has 0 spiro atoms. The SMILES string of the molecule is C=C/C(=C\C(=C)C)C(F)F.CC. The summed E-state index contributed by atoms with van der Waals surface area (Å²) in [5.41, 5.74) is 0.530. The first-order chi connectivity index (χ1) is 5.57. The predicted molar refractivity (Wildman–Crippen MR) is 50.4 cm³/mol. The molecule has 0 aliphatic heterocycles. The fourth-order valence-electron chi connectivity index (χ4n) is 0.496. The van der Waals surface area contributed by atoms with Crippen LogP contribution in [0.4, 0.5) is 8.78 Å². The lowest BCUT2D eigenvalue weighted by atomic mass is 10.2. The highest BCUT2D eigenvalue weighted by atomic mass is 19.3. The zero-order chi connectivity index (χ0) is 10.1. The molecule has 0 N–H and O–H groups in total. The van der Waals surface area contributed by atoms with Crippen LogP contribution in [-0.2, 0) is 0 Å². The van der Waals surface area contributed by atoms with Gasteiger partial charge in [-0.3, -0.25) is 0 Å². The summed E-state index contributed by atoms with van der Waals surface area (Å²) in [6.45, 7) is 12.4. The maximum absolute atomic E-state index is 11.9. The standard InChI is InChI=1S/C8H10F2.C2H6/c1-4-7(8(9)10)5-6(2)3;1-2/h4-5,8H,1-2H2,3H3;1-2H3/b7-5+;. The lowest BCUT2D eigenvalue weighted by Crippen LogP contribution is -1.92. The lowest BCUT2D eigenvalue weighted by molar-refractivity contribution is 0.194. The third kappa shape index (κ3) is 7.19. The van der Waals surface area contributed by atoms with Crippen molar-refractivity contribution in [3.8, 4) is 0 Å². The molecule has 12 heavy (non-hydrogen) atoms. The van der Waals surface area contributed by atoms with E-state index in [2.05, 4.69) is 13.2 Å². The predicted octanol–water partition coefficient (Wildman–Crippen LogP) is 3.97. The highest BCUT2D eigenvalue weighted by Gasteiger charge is 2.05. The van der Waals surface area contributed by atoms with Gasteiger partial charge in [-0.05, 0) is 6.92 Å². The van der Waals surface area contributed by atoms with Crippen molar-refractivity contribution in [2.45, 2.75) is 27.2 Å². The van der Waals surface area contributed by atoms with Gasteiger partial charge in [-0.15, -0.1) is 0 Å². The molecule has 0 amide bonds. The molecule has 0 radical (unpaired) electrons. The van der Waals surface area contributed by atoms with Crippen LogP contribution in [0, 0.1) is 0 Å². The Morgan fingerprint density at radius 3 is 1.83 bits per heavy atom. The average molecular weight is 174 g/mol. The number of rotatable bonds is 3. The number of allylic oxidation sites excluding steroid dienone is 4. The van der Waals surface area contributed by atoms with Gasteiger partial charge < -0.3 is 0 Å². The Morgan fingerprint density at radius 2 is 1.75 bits per heavy atom. The van der Waals surface area contributed by atoms with Crippen molar-refractivity contribution in [1.82, 2.24) is 0 Å². The largest absolute Gasteiger partial charge is 0.263 e. The molecule has 2 heteroatoms. The molecular weight excluding hydrogens is 158 g/mol. The van der Waals surface area contributed by atoms with Gasteiger partial charge in [-0.25, -0.2) is 8.78 Å². The molecule has 0 aromatic rings. The van der Waals surface area contributed by atoms with Crippen molar-refractivity contribution in [1.29, 1.82) is 0 Å². The van der Waals surface area contributed by atoms with Gasteiger partial charge >= 0.3 is 0 Å². The summed E-state index contributed by atoms with van der Waals surface area (Å²) in [4.78, 5) is 0. The van der Waals surface area contributed by atoms with E-state index >= 15 is 0 Å². The normalized spacial score (nSPS) is 10.3. The fourth-order valence-corrected chi connectivity index (χ4v) is 0.496. The molecule has 0 rings (SSSR count). The van der Waals surface area contributed by atoms with E-state index in [1.165, 1.54) is 6.08 Å². The van der Waals surface area contributed by atoms with Crippen LogP contribution in [0.15, 0.2) is 36.5 Å². The van der Waals surface area contributed by atoms with Crippen LogP contribution >= 0.6 is 0 Å². The Hall–Kier alpha value is -0.920. The van der Waals surface area contributed by atoms with Crippen molar-refractivity contribution >= 4 is 0 Å². The Labute approximate surface area is 73.3 Å². The summed E-state index contributed by atoms with van der Waals surface area (Å²) >= 11 is 0. The minimum atomic E-state index is -2.45. The summed E-state index contributed by atoms with van der Waals surface area (Å²) in [5, 5.41) is 0. The minimum absolute atomic E-state index is 0.0764. The van der Waals surface area contributed by atoms with Gasteiger partial charge in [0, 0.05) is 5.57 Å². The van der Waals surface area contributed by atoms with Crippen LogP contribution in [-0.4, -0.2) is 6.43 Å². The van der Waals surface area contributed by atoms with E-state index in [9.17, 15) is 8.78 Å². The zero-order valence-corrected chi connectivity index (χ0v) is 7.90. The van der Waals surface area contributed by atoms with E-state index < -0.39 is 6.43 Å². The molecule has 70 valence electrons. The Bertz CT molecular complexity index is 167. The molecule has 0 nitrogen and oxygen atoms in total. The van der Waals surface area contributed by atoms with Gasteiger partial charge in [-0.2, -0.15) is 0 Å². The lowest BCUT2D eigenvalue weighted by Gasteiger charge is -1.97. The Morgan fingerprint density at radius 1 is 1.33 bits per heavy atom. The van der Waals surface area contributed by atoms with Gasteiger partial charge in [0.05, 0.1) is 0 Å². The summed E-state index contributed by atoms with van der Waals surface area (Å²) in [7, 11) is 0. The van der Waals surface area contributed by atoms with Gasteiger partial charge in [-0.1, -0.05) is 44.7 Å². The molecule has 0 fully saturated rings. The van der Waals surface area contributed by atoms with E-state index in [0.717, 1.165) is 6.08 Å². The molecular formula is C10H16F2. The third-order valence-electron chi connectivity index (χ3n) is 0.901. The summed E-state index contributed by atoms with van der Waals surface area (Å²) in [6.07, 6.45) is 0.00556. The van der Waals surface area contributed by atoms with Crippen molar-refractivity contribution in [2.24, 2.45) is 0 Å². The first-order valence-electron chi connectivity index (χ1n) is 3.85. The van der Waals surface area contributed by atoms with Gasteiger partial charge in [0.25, 0.3) is 6.43 Å². The number of halogens is 2. The first kappa shape index (κ1) is 13.7. The quantitative estimate of drug-likeness (QED) is 0.568. The minimum Gasteiger partial charge on any atom is -0.205 e. The summed E-state index contributed by atoms with van der Waals surface area (Å²) in [6, 6.07) is 0. The maximum Gasteiger partial charge on any atom is 0.263 e. The number of hydrogen-bond acceptors (Lipinski definition) is 0. The van der Waals surface area contributed by atoms with E-state index in [1.807, 2.05) is 13.8 Å². The molecule has 0 aliphatic carbocycles. The average Bonchev–Trinajstić information content (AvgIpc) is 2.03. The van der Waals surface area contributed by atoms with E-state index in [-0.39, 0.29) is 5.57 Å². The molecule has 0 unspecified atom stereocenters. The summed E-state index contributed by atoms with van der Waals surface area (Å²) < 4.78 is 23.8. The molecule has 0 aromatic carbocycles. The van der Waals surface area contributed by atoms with E-state index in [4.69, 9.17) is 0 Å². The van der Waals surface area contributed by atoms with Gasteiger partial charge in [0.2, 0.25) is 0 Å². The van der Waals surface area contributed by atoms with Crippen LogP contribution in [0.3, 0.4) is 0 Å². The number of hydrogen-bond donors (Lipinski definition) is 0. The Kier molecular flexibility index (Phi) is 9.31. The molecule has 0 aromatic heterocycles. The van der Waals surface area contributed by atoms with E-state index in [1.54, 1.807) is 6.92 Å². The van der Waals surface area contributed by atoms with Crippen molar-refractivity contribution in [2.75, 3.05) is 0 Å². The topological polar surface area (TPSA) is 0 Å². The van der Waals surface area contributed by atoms with Crippen LogP contribution in [0.2, 0.25) is 0 Å². The van der Waals surface area contributed by atoms with Crippen molar-refractivity contribution in [3.05, 3.63) is 36.5 Å². The monoisotopic (exact) mass is 174 g/mol. The third-order valence-corrected chi connectivity index (χ3v) is 0.901. The smallest absolute Gasteiger partial charge is 0.205 e. The van der Waals surface area contributed by atoms with Crippen LogP contribution in [0.25, 0.3) is 0 Å². The molecule has 0 aliphatic rings. The van der Waals surface area contributed by atoms with Crippen LogP contribution in [0.5, 0.6) is 0 Å². The van der Waals surface area contributed by atoms with Gasteiger partial charge in [0.1, 0.15) is 0 Å². The maximum atomic E-state index is 11.9. The highest BCUT2D eigenvalue weighted by Crippen LogP contribution is 2.11.